The fourth-order valence-corrected chi connectivity index (χ4v) is 2.18. The number of anilines is 1. The summed E-state index contributed by atoms with van der Waals surface area (Å²) < 4.78 is 5.10. The molecule has 0 spiro atoms. The highest BCUT2D eigenvalue weighted by Crippen LogP contribution is 2.17. The number of aryl methyl sites for hydroxylation is 1. The second kappa shape index (κ2) is 7.90. The smallest absolute Gasteiger partial charge is 0.253 e. The number of methoxy groups -OCH3 is 1. The molecule has 0 aliphatic carbocycles. The minimum atomic E-state index is 0.0708. The largest absolute Gasteiger partial charge is 0.388 e. The Balaban J connectivity index is 2.90. The normalized spacial score (nSPS) is 10.7. The summed E-state index contributed by atoms with van der Waals surface area (Å²) in [7, 11) is 3.54. The van der Waals surface area contributed by atoms with Crippen molar-refractivity contribution in [3.05, 3.63) is 29.3 Å². The number of carbonyl (C=O) groups excluding carboxylic acids is 1. The second-order valence-corrected chi connectivity index (χ2v) is 5.42. The molecule has 4 heteroatoms. The van der Waals surface area contributed by atoms with Gasteiger partial charge in [0, 0.05) is 38.5 Å². The lowest BCUT2D eigenvalue weighted by Gasteiger charge is -2.24. The van der Waals surface area contributed by atoms with Gasteiger partial charge in [0.2, 0.25) is 0 Å². The van der Waals surface area contributed by atoms with E-state index in [2.05, 4.69) is 19.2 Å². The Kier molecular flexibility index (Phi) is 6.52. The third-order valence-corrected chi connectivity index (χ3v) is 3.18. The highest BCUT2D eigenvalue weighted by Gasteiger charge is 2.17. The number of amides is 1. The molecule has 20 heavy (non-hydrogen) atoms. The Hall–Kier alpha value is -1.55. The third-order valence-electron chi connectivity index (χ3n) is 3.18. The zero-order valence-corrected chi connectivity index (χ0v) is 13.2. The number of rotatable bonds is 7. The average Bonchev–Trinajstić information content (AvgIpc) is 2.42. The Labute approximate surface area is 122 Å². The number of nitrogens with one attached hydrogen (secondary N) is 1. The van der Waals surface area contributed by atoms with E-state index in [-0.39, 0.29) is 5.91 Å². The van der Waals surface area contributed by atoms with Crippen LogP contribution < -0.4 is 5.32 Å². The predicted octanol–water partition coefficient (Wildman–Crippen LogP) is 2.78. The molecule has 1 amide bonds. The average molecular weight is 278 g/mol. The second-order valence-electron chi connectivity index (χ2n) is 5.42. The molecule has 0 aliphatic rings. The number of carbonyl (C=O) groups is 1. The third kappa shape index (κ3) is 4.53. The molecule has 1 rings (SSSR count). The first-order valence-corrected chi connectivity index (χ1v) is 7.06. The molecule has 0 heterocycles. The SMILES string of the molecule is CNc1ccc(C(=O)N(CCOC)CC(C)C)cc1C. The van der Waals surface area contributed by atoms with Crippen LogP contribution in [0.2, 0.25) is 0 Å². The molecule has 0 aromatic heterocycles. The Morgan fingerprint density at radius 2 is 2.10 bits per heavy atom. The maximum Gasteiger partial charge on any atom is 0.253 e. The fourth-order valence-electron chi connectivity index (χ4n) is 2.18. The molecular formula is C16H26N2O2. The summed E-state index contributed by atoms with van der Waals surface area (Å²) in [5.74, 6) is 0.509. The van der Waals surface area contributed by atoms with Crippen molar-refractivity contribution in [2.75, 3.05) is 39.2 Å². The maximum absolute atomic E-state index is 12.6. The molecule has 0 radical (unpaired) electrons. The van der Waals surface area contributed by atoms with Crippen LogP contribution in [0.4, 0.5) is 5.69 Å². The summed E-state index contributed by atoms with van der Waals surface area (Å²) in [5, 5.41) is 3.11. The van der Waals surface area contributed by atoms with Crippen LogP contribution in [0, 0.1) is 12.8 Å². The summed E-state index contributed by atoms with van der Waals surface area (Å²) in [6, 6.07) is 5.77. The van der Waals surface area contributed by atoms with Gasteiger partial charge in [0.1, 0.15) is 0 Å². The molecule has 112 valence electrons. The molecule has 1 aromatic rings. The summed E-state index contributed by atoms with van der Waals surface area (Å²) in [5.41, 5.74) is 2.86. The van der Waals surface area contributed by atoms with Gasteiger partial charge < -0.3 is 15.0 Å². The highest BCUT2D eigenvalue weighted by atomic mass is 16.5. The molecule has 0 fully saturated rings. The van der Waals surface area contributed by atoms with E-state index in [0.717, 1.165) is 23.4 Å². The van der Waals surface area contributed by atoms with Crippen molar-refractivity contribution in [1.29, 1.82) is 0 Å². The lowest BCUT2D eigenvalue weighted by molar-refractivity contribution is 0.0672. The summed E-state index contributed by atoms with van der Waals surface area (Å²) >= 11 is 0. The summed E-state index contributed by atoms with van der Waals surface area (Å²) in [6.45, 7) is 8.16. The number of ether oxygens (including phenoxy) is 1. The van der Waals surface area contributed by atoms with Crippen molar-refractivity contribution in [2.45, 2.75) is 20.8 Å². The van der Waals surface area contributed by atoms with E-state index in [4.69, 9.17) is 4.74 Å². The van der Waals surface area contributed by atoms with Gasteiger partial charge in [-0.15, -0.1) is 0 Å². The molecule has 4 nitrogen and oxygen atoms in total. The lowest BCUT2D eigenvalue weighted by atomic mass is 10.1. The summed E-state index contributed by atoms with van der Waals surface area (Å²) in [6.07, 6.45) is 0. The van der Waals surface area contributed by atoms with Crippen LogP contribution in [0.5, 0.6) is 0 Å². The molecule has 0 atom stereocenters. The first-order chi connectivity index (χ1) is 9.49. The minimum absolute atomic E-state index is 0.0708. The minimum Gasteiger partial charge on any atom is -0.388 e. The van der Waals surface area contributed by atoms with Crippen LogP contribution in [-0.4, -0.2) is 44.7 Å². The predicted molar refractivity (Wildman–Crippen MR) is 83.3 cm³/mol. The van der Waals surface area contributed by atoms with E-state index >= 15 is 0 Å². The van der Waals surface area contributed by atoms with Gasteiger partial charge in [-0.2, -0.15) is 0 Å². The molecule has 0 aliphatic heterocycles. The monoisotopic (exact) mass is 278 g/mol. The van der Waals surface area contributed by atoms with Gasteiger partial charge in [-0.1, -0.05) is 13.8 Å². The standard InChI is InChI=1S/C16H26N2O2/c1-12(2)11-18(8-9-20-5)16(19)14-6-7-15(17-4)13(3)10-14/h6-7,10,12,17H,8-9,11H2,1-5H3. The van der Waals surface area contributed by atoms with Crippen molar-refractivity contribution < 1.29 is 9.53 Å². The van der Waals surface area contributed by atoms with Gasteiger partial charge in [-0.25, -0.2) is 0 Å². The number of nitrogens with zero attached hydrogens (tertiary/aromatic N) is 1. The van der Waals surface area contributed by atoms with E-state index in [1.807, 2.05) is 37.1 Å². The number of hydrogen-bond acceptors (Lipinski definition) is 3. The van der Waals surface area contributed by atoms with Crippen molar-refractivity contribution >= 4 is 11.6 Å². The number of hydrogen-bond donors (Lipinski definition) is 1. The fraction of sp³-hybridized carbons (Fsp3) is 0.562. The molecular weight excluding hydrogens is 252 g/mol. The highest BCUT2D eigenvalue weighted by molar-refractivity contribution is 5.95. The van der Waals surface area contributed by atoms with Crippen molar-refractivity contribution in [1.82, 2.24) is 4.90 Å². The van der Waals surface area contributed by atoms with Crippen molar-refractivity contribution in [2.24, 2.45) is 5.92 Å². The van der Waals surface area contributed by atoms with Crippen LogP contribution in [0.25, 0.3) is 0 Å². The van der Waals surface area contributed by atoms with Gasteiger partial charge in [-0.3, -0.25) is 4.79 Å². The van der Waals surface area contributed by atoms with Gasteiger partial charge in [0.15, 0.2) is 0 Å². The van der Waals surface area contributed by atoms with Crippen molar-refractivity contribution in [3.8, 4) is 0 Å². The Morgan fingerprint density at radius 3 is 2.60 bits per heavy atom. The van der Waals surface area contributed by atoms with E-state index < -0.39 is 0 Å². The van der Waals surface area contributed by atoms with Crippen LogP contribution in [0.1, 0.15) is 29.8 Å². The zero-order valence-electron chi connectivity index (χ0n) is 13.2. The van der Waals surface area contributed by atoms with E-state index in [9.17, 15) is 4.79 Å². The van der Waals surface area contributed by atoms with Crippen LogP contribution in [0.3, 0.4) is 0 Å². The van der Waals surface area contributed by atoms with Gasteiger partial charge in [0.05, 0.1) is 6.61 Å². The first-order valence-electron chi connectivity index (χ1n) is 7.06. The first kappa shape index (κ1) is 16.5. The number of benzene rings is 1. The van der Waals surface area contributed by atoms with Crippen LogP contribution in [-0.2, 0) is 4.74 Å². The Morgan fingerprint density at radius 1 is 1.40 bits per heavy atom. The quantitative estimate of drug-likeness (QED) is 0.834. The van der Waals surface area contributed by atoms with E-state index in [1.165, 1.54) is 0 Å². The summed E-state index contributed by atoms with van der Waals surface area (Å²) in [4.78, 5) is 14.5. The van der Waals surface area contributed by atoms with E-state index in [1.54, 1.807) is 7.11 Å². The molecule has 0 saturated carbocycles. The molecule has 0 unspecified atom stereocenters. The van der Waals surface area contributed by atoms with Gasteiger partial charge >= 0.3 is 0 Å². The van der Waals surface area contributed by atoms with Gasteiger partial charge in [0.25, 0.3) is 5.91 Å². The van der Waals surface area contributed by atoms with E-state index in [0.29, 0.717) is 19.1 Å². The topological polar surface area (TPSA) is 41.6 Å². The molecule has 0 bridgehead atoms. The molecule has 1 N–H and O–H groups in total. The maximum atomic E-state index is 12.6. The van der Waals surface area contributed by atoms with Crippen LogP contribution >= 0.6 is 0 Å². The lowest BCUT2D eigenvalue weighted by Crippen LogP contribution is -2.36. The zero-order chi connectivity index (χ0) is 15.1. The molecule has 0 saturated heterocycles. The van der Waals surface area contributed by atoms with Gasteiger partial charge in [-0.05, 0) is 36.6 Å². The van der Waals surface area contributed by atoms with Crippen LogP contribution in [0.15, 0.2) is 18.2 Å². The van der Waals surface area contributed by atoms with Crippen molar-refractivity contribution in [3.63, 3.8) is 0 Å². The molecule has 1 aromatic carbocycles. The Bertz CT molecular complexity index is 444.